The van der Waals surface area contributed by atoms with Gasteiger partial charge < -0.3 is 0 Å². The Hall–Kier alpha value is -1.64. The van der Waals surface area contributed by atoms with E-state index in [1.165, 1.54) is 0 Å². The second-order valence-electron chi connectivity index (χ2n) is 4.39. The van der Waals surface area contributed by atoms with Gasteiger partial charge in [0.05, 0.1) is 11.5 Å². The molecular formula is C12H10F5N. The lowest BCUT2D eigenvalue weighted by Gasteiger charge is -2.21. The minimum atomic E-state index is -5.63. The Bertz CT molecular complexity index is 465. The van der Waals surface area contributed by atoms with Crippen LogP contribution in [0.5, 0.6) is 0 Å². The molecule has 0 amide bonds. The van der Waals surface area contributed by atoms with Crippen molar-refractivity contribution >= 4 is 0 Å². The Morgan fingerprint density at radius 2 is 1.28 bits per heavy atom. The predicted octanol–water partition coefficient (Wildman–Crippen LogP) is 4.14. The van der Waals surface area contributed by atoms with Gasteiger partial charge in [-0.05, 0) is 19.4 Å². The van der Waals surface area contributed by atoms with Crippen LogP contribution >= 0.6 is 0 Å². The third-order valence-corrected chi connectivity index (χ3v) is 2.60. The van der Waals surface area contributed by atoms with E-state index < -0.39 is 23.1 Å². The second-order valence-corrected chi connectivity index (χ2v) is 4.39. The van der Waals surface area contributed by atoms with E-state index in [-0.39, 0.29) is 0 Å². The number of nitrogens with zero attached hydrogens (tertiary/aromatic N) is 1. The Balaban J connectivity index is 3.16. The minimum Gasteiger partial charge on any atom is -0.197 e. The third-order valence-electron chi connectivity index (χ3n) is 2.60. The topological polar surface area (TPSA) is 23.8 Å². The number of halogens is 5. The van der Waals surface area contributed by atoms with E-state index in [2.05, 4.69) is 0 Å². The van der Waals surface area contributed by atoms with E-state index in [0.29, 0.717) is 17.7 Å². The van der Waals surface area contributed by atoms with Crippen LogP contribution in [0.4, 0.5) is 22.0 Å². The van der Waals surface area contributed by atoms with Crippen LogP contribution in [0, 0.1) is 11.3 Å². The number of rotatable bonds is 2. The fourth-order valence-corrected chi connectivity index (χ4v) is 1.32. The van der Waals surface area contributed by atoms with Crippen molar-refractivity contribution in [3.05, 3.63) is 35.4 Å². The molecule has 0 N–H and O–H groups in total. The highest BCUT2D eigenvalue weighted by atomic mass is 19.4. The van der Waals surface area contributed by atoms with Gasteiger partial charge in [0.2, 0.25) is 0 Å². The van der Waals surface area contributed by atoms with Gasteiger partial charge in [-0.2, -0.15) is 27.2 Å². The van der Waals surface area contributed by atoms with E-state index >= 15 is 0 Å². The molecule has 18 heavy (non-hydrogen) atoms. The summed E-state index contributed by atoms with van der Waals surface area (Å²) in [5.41, 5.74) is -1.69. The van der Waals surface area contributed by atoms with Gasteiger partial charge >= 0.3 is 12.1 Å². The van der Waals surface area contributed by atoms with Gasteiger partial charge in [-0.1, -0.05) is 24.3 Å². The zero-order chi connectivity index (χ0) is 14.2. The van der Waals surface area contributed by atoms with Gasteiger partial charge in [-0.3, -0.25) is 0 Å². The summed E-state index contributed by atoms with van der Waals surface area (Å²) in [5, 5.41) is 8.83. The van der Waals surface area contributed by atoms with Crippen molar-refractivity contribution in [1.29, 1.82) is 5.26 Å². The summed E-state index contributed by atoms with van der Waals surface area (Å²) in [7, 11) is 0. The number of benzene rings is 1. The van der Waals surface area contributed by atoms with Crippen molar-refractivity contribution in [2.45, 2.75) is 31.4 Å². The number of hydrogen-bond acceptors (Lipinski definition) is 1. The van der Waals surface area contributed by atoms with Crippen LogP contribution in [0.3, 0.4) is 0 Å². The van der Waals surface area contributed by atoms with Gasteiger partial charge in [0.15, 0.2) is 0 Å². The molecule has 0 aliphatic heterocycles. The lowest BCUT2D eigenvalue weighted by atomic mass is 9.85. The zero-order valence-electron chi connectivity index (χ0n) is 9.65. The molecule has 0 aliphatic rings. The molecule has 1 rings (SSSR count). The van der Waals surface area contributed by atoms with E-state index in [0.717, 1.165) is 12.1 Å². The molecule has 1 nitrogen and oxygen atoms in total. The first-order valence-electron chi connectivity index (χ1n) is 4.99. The molecule has 0 fully saturated rings. The highest BCUT2D eigenvalue weighted by Gasteiger charge is 2.58. The molecule has 1 aromatic rings. The molecule has 0 unspecified atom stereocenters. The van der Waals surface area contributed by atoms with Gasteiger partial charge in [0, 0.05) is 5.56 Å². The Kier molecular flexibility index (Phi) is 3.39. The van der Waals surface area contributed by atoms with Gasteiger partial charge in [0.1, 0.15) is 0 Å². The molecule has 0 spiro atoms. The lowest BCUT2D eigenvalue weighted by molar-refractivity contribution is -0.289. The van der Waals surface area contributed by atoms with Crippen molar-refractivity contribution in [2.24, 2.45) is 0 Å². The number of nitriles is 1. The molecule has 0 heterocycles. The van der Waals surface area contributed by atoms with Crippen LogP contribution in [-0.2, 0) is 11.3 Å². The Morgan fingerprint density at radius 3 is 1.61 bits per heavy atom. The van der Waals surface area contributed by atoms with Crippen molar-refractivity contribution in [1.82, 2.24) is 0 Å². The molecule has 0 aliphatic carbocycles. The standard InChI is InChI=1S/C12H10F5N/c1-10(2,7-18)8-3-5-9(6-4-8)11(13,14)12(15,16)17/h3-6H,1-2H3. The maximum Gasteiger partial charge on any atom is 0.458 e. The molecule has 6 heteroatoms. The average molecular weight is 263 g/mol. The van der Waals surface area contributed by atoms with E-state index in [9.17, 15) is 22.0 Å². The van der Waals surface area contributed by atoms with E-state index in [4.69, 9.17) is 5.26 Å². The minimum absolute atomic E-state index is 0.381. The molecule has 0 aromatic heterocycles. The Morgan fingerprint density at radius 1 is 0.889 bits per heavy atom. The summed E-state index contributed by atoms with van der Waals surface area (Å²) < 4.78 is 62.3. The van der Waals surface area contributed by atoms with E-state index in [1.54, 1.807) is 13.8 Å². The lowest BCUT2D eigenvalue weighted by Crippen LogP contribution is -2.33. The normalized spacial score (nSPS) is 13.2. The third kappa shape index (κ3) is 2.45. The van der Waals surface area contributed by atoms with Crippen LogP contribution in [-0.4, -0.2) is 6.18 Å². The second kappa shape index (κ2) is 4.23. The Labute approximate surface area is 101 Å². The fraction of sp³-hybridized carbons (Fsp3) is 0.417. The quantitative estimate of drug-likeness (QED) is 0.735. The van der Waals surface area contributed by atoms with Crippen LogP contribution in [0.1, 0.15) is 25.0 Å². The summed E-state index contributed by atoms with van der Waals surface area (Å²) >= 11 is 0. The highest BCUT2D eigenvalue weighted by molar-refractivity contribution is 5.34. The first kappa shape index (κ1) is 14.4. The van der Waals surface area contributed by atoms with Gasteiger partial charge in [-0.15, -0.1) is 0 Å². The summed E-state index contributed by atoms with van der Waals surface area (Å²) in [6.45, 7) is 3.09. The molecule has 0 saturated heterocycles. The molecule has 0 bridgehead atoms. The summed E-state index contributed by atoms with van der Waals surface area (Å²) in [4.78, 5) is 0. The van der Waals surface area contributed by atoms with Crippen LogP contribution in [0.15, 0.2) is 24.3 Å². The van der Waals surface area contributed by atoms with Gasteiger partial charge in [-0.25, -0.2) is 0 Å². The monoisotopic (exact) mass is 263 g/mol. The van der Waals surface area contributed by atoms with Crippen LogP contribution in [0.25, 0.3) is 0 Å². The highest BCUT2D eigenvalue weighted by Crippen LogP contribution is 2.44. The summed E-state index contributed by atoms with van der Waals surface area (Å²) in [6, 6.07) is 5.55. The molecule has 0 saturated carbocycles. The van der Waals surface area contributed by atoms with E-state index in [1.807, 2.05) is 6.07 Å². The van der Waals surface area contributed by atoms with Crippen LogP contribution < -0.4 is 0 Å². The zero-order valence-corrected chi connectivity index (χ0v) is 9.65. The maximum atomic E-state index is 13.0. The van der Waals surface area contributed by atoms with Crippen molar-refractivity contribution in [2.75, 3.05) is 0 Å². The summed E-state index contributed by atoms with van der Waals surface area (Å²) in [5.74, 6) is -4.89. The first-order chi connectivity index (χ1) is 8.02. The summed E-state index contributed by atoms with van der Waals surface area (Å²) in [6.07, 6.45) is -5.63. The smallest absolute Gasteiger partial charge is 0.197 e. The molecular weight excluding hydrogens is 253 g/mol. The predicted molar refractivity (Wildman–Crippen MR) is 55.0 cm³/mol. The molecule has 1 aromatic carbocycles. The molecule has 0 atom stereocenters. The average Bonchev–Trinajstić information content (AvgIpc) is 2.27. The number of hydrogen-bond donors (Lipinski definition) is 0. The van der Waals surface area contributed by atoms with Gasteiger partial charge in [0.25, 0.3) is 0 Å². The molecule has 0 radical (unpaired) electrons. The first-order valence-corrected chi connectivity index (χ1v) is 4.99. The number of alkyl halides is 5. The SMILES string of the molecule is CC(C)(C#N)c1ccc(C(F)(F)C(F)(F)F)cc1. The van der Waals surface area contributed by atoms with Crippen LogP contribution in [0.2, 0.25) is 0 Å². The fourth-order valence-electron chi connectivity index (χ4n) is 1.32. The molecule has 98 valence electrons. The largest absolute Gasteiger partial charge is 0.458 e. The van der Waals surface area contributed by atoms with Crippen molar-refractivity contribution < 1.29 is 22.0 Å². The maximum absolute atomic E-state index is 13.0. The van der Waals surface area contributed by atoms with Crippen molar-refractivity contribution in [3.8, 4) is 6.07 Å². The van der Waals surface area contributed by atoms with Crippen molar-refractivity contribution in [3.63, 3.8) is 0 Å².